The molecule has 1 amide bonds. The number of thiophene rings is 2. The van der Waals surface area contributed by atoms with E-state index in [0.717, 1.165) is 24.2 Å². The normalized spacial score (nSPS) is 19.4. The van der Waals surface area contributed by atoms with E-state index in [1.807, 2.05) is 23.1 Å². The van der Waals surface area contributed by atoms with Crippen LogP contribution in [0.5, 0.6) is 11.5 Å². The molecule has 0 aliphatic carbocycles. The largest absolute Gasteiger partial charge is 0.483 e. The van der Waals surface area contributed by atoms with Gasteiger partial charge in [0.1, 0.15) is 5.60 Å². The number of carbonyl (C=O) groups is 1. The Bertz CT molecular complexity index is 1040. The van der Waals surface area contributed by atoms with Crippen LogP contribution in [-0.2, 0) is 17.6 Å². The third-order valence-electron chi connectivity index (χ3n) is 5.51. The van der Waals surface area contributed by atoms with Crippen molar-refractivity contribution >= 4 is 28.6 Å². The zero-order valence-corrected chi connectivity index (χ0v) is 18.1. The molecule has 0 N–H and O–H groups in total. The molecule has 0 radical (unpaired) electrons. The number of nitrogens with zero attached hydrogens (tertiary/aromatic N) is 1. The van der Waals surface area contributed by atoms with Crippen molar-refractivity contribution in [3.8, 4) is 11.5 Å². The number of para-hydroxylation sites is 1. The first kappa shape index (κ1) is 18.7. The molecule has 4 nitrogen and oxygen atoms in total. The van der Waals surface area contributed by atoms with E-state index in [1.165, 1.54) is 15.3 Å². The van der Waals surface area contributed by atoms with E-state index < -0.39 is 0 Å². The zero-order chi connectivity index (χ0) is 20.0. The van der Waals surface area contributed by atoms with E-state index in [4.69, 9.17) is 9.47 Å². The molecule has 2 aliphatic rings. The third-order valence-corrected chi connectivity index (χ3v) is 7.43. The minimum Gasteiger partial charge on any atom is -0.483 e. The Kier molecular flexibility index (Phi) is 4.63. The van der Waals surface area contributed by atoms with Gasteiger partial charge in [0.15, 0.2) is 18.1 Å². The van der Waals surface area contributed by atoms with Gasteiger partial charge in [-0.1, -0.05) is 18.2 Å². The second-order valence-corrected chi connectivity index (χ2v) is 10.1. The van der Waals surface area contributed by atoms with Crippen LogP contribution < -0.4 is 9.47 Å². The fourth-order valence-electron chi connectivity index (χ4n) is 4.26. The number of ether oxygens (including phenoxy) is 2. The van der Waals surface area contributed by atoms with Gasteiger partial charge in [-0.2, -0.15) is 0 Å². The minimum absolute atomic E-state index is 0.00936. The number of fused-ring (bicyclic) bond motifs is 2. The molecule has 2 aromatic heterocycles. The smallest absolute Gasteiger partial charge is 0.261 e. The quantitative estimate of drug-likeness (QED) is 0.585. The Morgan fingerprint density at radius 2 is 2.10 bits per heavy atom. The van der Waals surface area contributed by atoms with Gasteiger partial charge in [-0.15, -0.1) is 22.7 Å². The van der Waals surface area contributed by atoms with Crippen LogP contribution in [0, 0.1) is 0 Å². The first-order valence-corrected chi connectivity index (χ1v) is 11.6. The number of benzene rings is 1. The molecule has 0 unspecified atom stereocenters. The van der Waals surface area contributed by atoms with Crippen LogP contribution >= 0.6 is 22.7 Å². The van der Waals surface area contributed by atoms with Crippen LogP contribution in [0.2, 0.25) is 0 Å². The average Bonchev–Trinajstić information content (AvgIpc) is 3.43. The topological polar surface area (TPSA) is 38.8 Å². The van der Waals surface area contributed by atoms with Gasteiger partial charge in [-0.3, -0.25) is 4.79 Å². The monoisotopic (exact) mass is 425 g/mol. The van der Waals surface area contributed by atoms with Crippen molar-refractivity contribution < 1.29 is 14.3 Å². The average molecular weight is 426 g/mol. The van der Waals surface area contributed by atoms with Gasteiger partial charge in [-0.25, -0.2) is 0 Å². The molecule has 0 bridgehead atoms. The minimum atomic E-state index is -0.238. The molecule has 0 spiro atoms. The standard InChI is InChI=1S/C23H23NO3S2/c1-23(2)13-15-5-3-6-17(22(15)27-23)26-14-20(25)24-10-8-18-16(9-12-29-18)21(24)19-7-4-11-28-19/h3-7,9,11-12,21H,8,10,13-14H2,1-2H3/t21-/m0/s1. The molecule has 2 aliphatic heterocycles. The van der Waals surface area contributed by atoms with Crippen molar-refractivity contribution in [1.29, 1.82) is 0 Å². The Morgan fingerprint density at radius 1 is 1.21 bits per heavy atom. The van der Waals surface area contributed by atoms with E-state index in [0.29, 0.717) is 12.3 Å². The van der Waals surface area contributed by atoms with Crippen LogP contribution in [0.3, 0.4) is 0 Å². The highest BCUT2D eigenvalue weighted by atomic mass is 32.1. The highest BCUT2D eigenvalue weighted by Crippen LogP contribution is 2.42. The summed E-state index contributed by atoms with van der Waals surface area (Å²) in [5.74, 6) is 1.44. The summed E-state index contributed by atoms with van der Waals surface area (Å²) < 4.78 is 12.1. The first-order valence-electron chi connectivity index (χ1n) is 9.85. The van der Waals surface area contributed by atoms with Gasteiger partial charge in [0.25, 0.3) is 5.91 Å². The summed E-state index contributed by atoms with van der Waals surface area (Å²) in [6.45, 7) is 4.87. The lowest BCUT2D eigenvalue weighted by molar-refractivity contribution is -0.135. The number of rotatable bonds is 4. The Morgan fingerprint density at radius 3 is 2.93 bits per heavy atom. The maximum atomic E-state index is 13.2. The molecule has 0 saturated heterocycles. The predicted molar refractivity (Wildman–Crippen MR) is 116 cm³/mol. The van der Waals surface area contributed by atoms with Crippen LogP contribution in [0.25, 0.3) is 0 Å². The van der Waals surface area contributed by atoms with Crippen molar-refractivity contribution in [3.63, 3.8) is 0 Å². The molecule has 0 saturated carbocycles. The molecule has 4 heterocycles. The number of hydrogen-bond acceptors (Lipinski definition) is 5. The summed E-state index contributed by atoms with van der Waals surface area (Å²) in [4.78, 5) is 17.7. The summed E-state index contributed by atoms with van der Waals surface area (Å²) in [6.07, 6.45) is 1.75. The SMILES string of the molecule is CC1(C)Cc2cccc(OCC(=O)N3CCc4sccc4[C@H]3c3cccs3)c2O1. The lowest BCUT2D eigenvalue weighted by Gasteiger charge is -2.35. The molecule has 5 rings (SSSR count). The van der Waals surface area contributed by atoms with Gasteiger partial charge in [0.05, 0.1) is 6.04 Å². The lowest BCUT2D eigenvalue weighted by Crippen LogP contribution is -2.42. The van der Waals surface area contributed by atoms with E-state index in [-0.39, 0.29) is 24.2 Å². The molecule has 29 heavy (non-hydrogen) atoms. The van der Waals surface area contributed by atoms with Crippen LogP contribution in [0.1, 0.15) is 40.8 Å². The highest BCUT2D eigenvalue weighted by molar-refractivity contribution is 7.10. The van der Waals surface area contributed by atoms with Crippen molar-refractivity contribution in [1.82, 2.24) is 4.90 Å². The number of amides is 1. The van der Waals surface area contributed by atoms with Crippen molar-refractivity contribution in [3.05, 3.63) is 68.0 Å². The number of hydrogen-bond donors (Lipinski definition) is 0. The van der Waals surface area contributed by atoms with Crippen LogP contribution in [-0.4, -0.2) is 29.6 Å². The summed E-state index contributed by atoms with van der Waals surface area (Å²) in [6, 6.07) is 12.2. The van der Waals surface area contributed by atoms with Crippen LogP contribution in [0.15, 0.2) is 47.2 Å². The second-order valence-electron chi connectivity index (χ2n) is 8.13. The Labute approximate surface area is 178 Å². The molecule has 0 fully saturated rings. The molecule has 1 aromatic carbocycles. The fraction of sp³-hybridized carbons (Fsp3) is 0.348. The number of carbonyl (C=O) groups excluding carboxylic acids is 1. The summed E-state index contributed by atoms with van der Waals surface area (Å²) in [7, 11) is 0. The molecular formula is C23H23NO3S2. The Hall–Kier alpha value is -2.31. The second kappa shape index (κ2) is 7.18. The highest BCUT2D eigenvalue weighted by Gasteiger charge is 2.35. The van der Waals surface area contributed by atoms with Gasteiger partial charge in [0.2, 0.25) is 0 Å². The van der Waals surface area contributed by atoms with E-state index in [1.54, 1.807) is 22.7 Å². The molecule has 1 atom stereocenters. The maximum absolute atomic E-state index is 13.2. The van der Waals surface area contributed by atoms with Crippen molar-refractivity contribution in [2.75, 3.05) is 13.2 Å². The summed E-state index contributed by atoms with van der Waals surface area (Å²) >= 11 is 3.48. The van der Waals surface area contributed by atoms with Gasteiger partial charge in [0, 0.05) is 28.3 Å². The van der Waals surface area contributed by atoms with E-state index in [9.17, 15) is 4.79 Å². The van der Waals surface area contributed by atoms with E-state index in [2.05, 4.69) is 42.8 Å². The van der Waals surface area contributed by atoms with Gasteiger partial charge < -0.3 is 14.4 Å². The molecular weight excluding hydrogens is 402 g/mol. The fourth-order valence-corrected chi connectivity index (χ4v) is 6.02. The third kappa shape index (κ3) is 3.45. The lowest BCUT2D eigenvalue weighted by atomic mass is 9.98. The predicted octanol–water partition coefficient (Wildman–Crippen LogP) is 5.08. The zero-order valence-electron chi connectivity index (χ0n) is 16.5. The molecule has 150 valence electrons. The van der Waals surface area contributed by atoms with Crippen molar-refractivity contribution in [2.45, 2.75) is 38.3 Å². The Balaban J connectivity index is 1.36. The van der Waals surface area contributed by atoms with Gasteiger partial charge >= 0.3 is 0 Å². The van der Waals surface area contributed by atoms with Crippen molar-refractivity contribution in [2.24, 2.45) is 0 Å². The van der Waals surface area contributed by atoms with E-state index >= 15 is 0 Å². The summed E-state index contributed by atoms with van der Waals surface area (Å²) in [5.41, 5.74) is 2.15. The maximum Gasteiger partial charge on any atom is 0.261 e. The molecule has 6 heteroatoms. The van der Waals surface area contributed by atoms with Gasteiger partial charge in [-0.05, 0) is 54.8 Å². The summed E-state index contributed by atoms with van der Waals surface area (Å²) in [5, 5.41) is 4.20. The molecule has 3 aromatic rings. The first-order chi connectivity index (χ1) is 14.0. The van der Waals surface area contributed by atoms with Crippen LogP contribution in [0.4, 0.5) is 0 Å².